The molecule has 1 N–H and O–H groups in total. The average Bonchev–Trinajstić information content (AvgIpc) is 3.26. The number of benzene rings is 1. The van der Waals surface area contributed by atoms with E-state index in [4.69, 9.17) is 4.52 Å². The summed E-state index contributed by atoms with van der Waals surface area (Å²) in [6.45, 7) is 1.83. The van der Waals surface area contributed by atoms with Crippen LogP contribution >= 0.6 is 0 Å². The fourth-order valence-electron chi connectivity index (χ4n) is 2.37. The molecule has 0 unspecified atom stereocenters. The molecule has 25 heavy (non-hydrogen) atoms. The Hall–Kier alpha value is -3.10. The minimum absolute atomic E-state index is 0.0316. The van der Waals surface area contributed by atoms with Crippen LogP contribution in [0, 0.1) is 11.6 Å². The van der Waals surface area contributed by atoms with E-state index in [-0.39, 0.29) is 24.2 Å². The molecule has 0 spiro atoms. The Morgan fingerprint density at radius 1 is 1.32 bits per heavy atom. The number of nitrogens with zero attached hydrogens (tertiary/aromatic N) is 4. The van der Waals surface area contributed by atoms with Crippen LogP contribution in [0.4, 0.5) is 8.78 Å². The summed E-state index contributed by atoms with van der Waals surface area (Å²) in [5.41, 5.74) is -0.393. The van der Waals surface area contributed by atoms with Gasteiger partial charge in [-0.1, -0.05) is 18.1 Å². The van der Waals surface area contributed by atoms with Crippen LogP contribution in [0.5, 0.6) is 0 Å². The van der Waals surface area contributed by atoms with Gasteiger partial charge in [-0.2, -0.15) is 10.1 Å². The highest BCUT2D eigenvalue weighted by Crippen LogP contribution is 2.24. The highest BCUT2D eigenvalue weighted by atomic mass is 19.1. The molecule has 0 aliphatic rings. The lowest BCUT2D eigenvalue weighted by atomic mass is 10.2. The Kier molecular flexibility index (Phi) is 4.82. The van der Waals surface area contributed by atoms with Crippen molar-refractivity contribution >= 4 is 5.91 Å². The van der Waals surface area contributed by atoms with Gasteiger partial charge in [0, 0.05) is 12.4 Å². The maximum atomic E-state index is 13.7. The van der Waals surface area contributed by atoms with E-state index in [1.54, 1.807) is 23.1 Å². The highest BCUT2D eigenvalue weighted by Gasteiger charge is 2.21. The third-order valence-electron chi connectivity index (χ3n) is 3.60. The van der Waals surface area contributed by atoms with E-state index in [9.17, 15) is 13.6 Å². The van der Waals surface area contributed by atoms with Crippen LogP contribution in [0.25, 0.3) is 11.5 Å². The first-order chi connectivity index (χ1) is 12.1. The van der Waals surface area contributed by atoms with Gasteiger partial charge in [0.15, 0.2) is 5.82 Å². The lowest BCUT2D eigenvalue weighted by molar-refractivity contribution is -0.124. The first-order valence-corrected chi connectivity index (χ1v) is 7.64. The van der Waals surface area contributed by atoms with Gasteiger partial charge in [0.1, 0.15) is 23.2 Å². The third-order valence-corrected chi connectivity index (χ3v) is 3.60. The molecule has 9 heteroatoms. The molecule has 1 aromatic carbocycles. The zero-order valence-corrected chi connectivity index (χ0v) is 13.3. The number of halogens is 2. The predicted octanol–water partition coefficient (Wildman–Crippen LogP) is 2.48. The van der Waals surface area contributed by atoms with Crippen LogP contribution in [-0.2, 0) is 11.3 Å². The normalized spacial score (nSPS) is 12.1. The van der Waals surface area contributed by atoms with E-state index in [2.05, 4.69) is 20.6 Å². The summed E-state index contributed by atoms with van der Waals surface area (Å²) < 4.78 is 33.9. The number of hydrogen-bond donors (Lipinski definition) is 1. The molecule has 0 aliphatic carbocycles. The van der Waals surface area contributed by atoms with Gasteiger partial charge >= 0.3 is 0 Å². The molecule has 7 nitrogen and oxygen atoms in total. The number of amides is 1. The van der Waals surface area contributed by atoms with Crippen molar-refractivity contribution in [3.63, 3.8) is 0 Å². The summed E-state index contributed by atoms with van der Waals surface area (Å²) in [6, 6.07) is 4.70. The molecule has 0 saturated carbocycles. The fraction of sp³-hybridized carbons (Fsp3) is 0.250. The van der Waals surface area contributed by atoms with Crippen LogP contribution in [0.2, 0.25) is 0 Å². The van der Waals surface area contributed by atoms with Crippen LogP contribution in [0.1, 0.15) is 25.2 Å². The smallest absolute Gasteiger partial charge is 0.263 e. The molecule has 3 rings (SSSR count). The zero-order chi connectivity index (χ0) is 17.8. The number of nitrogens with one attached hydrogen (secondary N) is 1. The standard InChI is InChI=1S/C16H15F2N5O2/c1-2-12(23-8-4-7-20-23)15(24)19-9-13-21-16(25-22-13)14-10(17)5-3-6-11(14)18/h3-8,12H,2,9H2,1H3,(H,19,24)/t12-/m1/s1. The van der Waals surface area contributed by atoms with Gasteiger partial charge in [-0.15, -0.1) is 0 Å². The van der Waals surface area contributed by atoms with Crippen molar-refractivity contribution in [2.45, 2.75) is 25.9 Å². The topological polar surface area (TPSA) is 85.8 Å². The second-order valence-corrected chi connectivity index (χ2v) is 5.24. The second-order valence-electron chi connectivity index (χ2n) is 5.24. The third kappa shape index (κ3) is 3.54. The molecule has 0 fully saturated rings. The van der Waals surface area contributed by atoms with Gasteiger partial charge in [-0.25, -0.2) is 8.78 Å². The van der Waals surface area contributed by atoms with Crippen molar-refractivity contribution in [3.8, 4) is 11.5 Å². The van der Waals surface area contributed by atoms with Crippen molar-refractivity contribution in [1.82, 2.24) is 25.2 Å². The van der Waals surface area contributed by atoms with Crippen LogP contribution in [0.15, 0.2) is 41.2 Å². The SMILES string of the molecule is CC[C@H](C(=O)NCc1noc(-c2c(F)cccc2F)n1)n1cccn1. The molecule has 130 valence electrons. The minimum Gasteiger partial charge on any atom is -0.347 e. The summed E-state index contributed by atoms with van der Waals surface area (Å²) in [4.78, 5) is 16.2. The quantitative estimate of drug-likeness (QED) is 0.740. The maximum Gasteiger partial charge on any atom is 0.263 e. The van der Waals surface area contributed by atoms with Crippen LogP contribution in [-0.4, -0.2) is 25.8 Å². The Labute approximate surface area is 141 Å². The molecule has 0 radical (unpaired) electrons. The molecule has 2 heterocycles. The lowest BCUT2D eigenvalue weighted by Crippen LogP contribution is -2.32. The summed E-state index contributed by atoms with van der Waals surface area (Å²) >= 11 is 0. The van der Waals surface area contributed by atoms with Gasteiger partial charge in [0.25, 0.3) is 5.89 Å². The second kappa shape index (κ2) is 7.20. The van der Waals surface area contributed by atoms with E-state index in [0.29, 0.717) is 6.42 Å². The van der Waals surface area contributed by atoms with Crippen molar-refractivity contribution in [2.24, 2.45) is 0 Å². The first-order valence-electron chi connectivity index (χ1n) is 7.64. The van der Waals surface area contributed by atoms with E-state index in [0.717, 1.165) is 12.1 Å². The molecular formula is C16H15F2N5O2. The first kappa shape index (κ1) is 16.7. The number of rotatable bonds is 6. The zero-order valence-electron chi connectivity index (χ0n) is 13.3. The fourth-order valence-corrected chi connectivity index (χ4v) is 2.37. The monoisotopic (exact) mass is 347 g/mol. The molecule has 0 bridgehead atoms. The number of aromatic nitrogens is 4. The van der Waals surface area contributed by atoms with Crippen molar-refractivity contribution in [1.29, 1.82) is 0 Å². The van der Waals surface area contributed by atoms with Crippen LogP contribution < -0.4 is 5.32 Å². The summed E-state index contributed by atoms with van der Waals surface area (Å²) in [5.74, 6) is -2.04. The predicted molar refractivity (Wildman–Crippen MR) is 83.1 cm³/mol. The molecule has 0 aliphatic heterocycles. The molecule has 2 aromatic heterocycles. The van der Waals surface area contributed by atoms with Crippen LogP contribution in [0.3, 0.4) is 0 Å². The molecule has 1 atom stereocenters. The van der Waals surface area contributed by atoms with Gasteiger partial charge in [0.2, 0.25) is 5.91 Å². The van der Waals surface area contributed by atoms with Gasteiger partial charge in [0.05, 0.1) is 6.54 Å². The number of carbonyl (C=O) groups excluding carboxylic acids is 1. The van der Waals surface area contributed by atoms with E-state index < -0.39 is 23.2 Å². The van der Waals surface area contributed by atoms with E-state index in [1.165, 1.54) is 6.07 Å². The molecular weight excluding hydrogens is 332 g/mol. The number of carbonyl (C=O) groups is 1. The van der Waals surface area contributed by atoms with E-state index in [1.807, 2.05) is 6.92 Å². The van der Waals surface area contributed by atoms with E-state index >= 15 is 0 Å². The Morgan fingerprint density at radius 3 is 2.72 bits per heavy atom. The average molecular weight is 347 g/mol. The Morgan fingerprint density at radius 2 is 2.08 bits per heavy atom. The Bertz CT molecular complexity index is 843. The Balaban J connectivity index is 1.69. The summed E-state index contributed by atoms with van der Waals surface area (Å²) in [6.07, 6.45) is 3.83. The minimum atomic E-state index is -0.802. The maximum absolute atomic E-state index is 13.7. The van der Waals surface area contributed by atoms with Crippen molar-refractivity contribution in [2.75, 3.05) is 0 Å². The largest absolute Gasteiger partial charge is 0.347 e. The van der Waals surface area contributed by atoms with Crippen molar-refractivity contribution in [3.05, 3.63) is 54.1 Å². The molecule has 1 amide bonds. The molecule has 0 saturated heterocycles. The number of hydrogen-bond acceptors (Lipinski definition) is 5. The molecule has 3 aromatic rings. The summed E-state index contributed by atoms with van der Waals surface area (Å²) in [5, 5.41) is 10.3. The highest BCUT2D eigenvalue weighted by molar-refractivity contribution is 5.80. The van der Waals surface area contributed by atoms with Gasteiger partial charge in [-0.05, 0) is 24.6 Å². The summed E-state index contributed by atoms with van der Waals surface area (Å²) in [7, 11) is 0. The van der Waals surface area contributed by atoms with Gasteiger partial charge < -0.3 is 9.84 Å². The lowest BCUT2D eigenvalue weighted by Gasteiger charge is -2.14. The van der Waals surface area contributed by atoms with Gasteiger partial charge in [-0.3, -0.25) is 9.48 Å². The van der Waals surface area contributed by atoms with Crippen molar-refractivity contribution < 1.29 is 18.1 Å².